The summed E-state index contributed by atoms with van der Waals surface area (Å²) in [7, 11) is 1.65. The Kier molecular flexibility index (Phi) is 5.21. The highest BCUT2D eigenvalue weighted by atomic mass is 16.5. The third kappa shape index (κ3) is 3.36. The van der Waals surface area contributed by atoms with Gasteiger partial charge in [-0.05, 0) is 49.9 Å². The van der Waals surface area contributed by atoms with Crippen LogP contribution in [0.15, 0.2) is 64.3 Å². The zero-order chi connectivity index (χ0) is 22.2. The van der Waals surface area contributed by atoms with Crippen LogP contribution in [0, 0.1) is 6.92 Å². The summed E-state index contributed by atoms with van der Waals surface area (Å²) in [4.78, 5) is 13.6. The fourth-order valence-electron chi connectivity index (χ4n) is 4.90. The number of ketones is 1. The number of para-hydroxylation sites is 1. The maximum atomic E-state index is 13.6. The normalized spacial score (nSPS) is 19.8. The van der Waals surface area contributed by atoms with E-state index in [4.69, 9.17) is 14.0 Å². The molecule has 0 spiro atoms. The van der Waals surface area contributed by atoms with Crippen molar-refractivity contribution < 1.29 is 18.8 Å². The monoisotopic (exact) mass is 430 g/mol. The number of hydrogen-bond donors (Lipinski definition) is 1. The summed E-state index contributed by atoms with van der Waals surface area (Å²) in [6.45, 7) is 4.43. The number of Topliss-reactive ketones (excluding diaryl/α,β-unsaturated/α-hetero) is 1. The lowest BCUT2D eigenvalue weighted by atomic mass is 9.72. The Morgan fingerprint density at radius 1 is 1.12 bits per heavy atom. The Morgan fingerprint density at radius 3 is 2.66 bits per heavy atom. The first-order valence-electron chi connectivity index (χ1n) is 11.0. The van der Waals surface area contributed by atoms with E-state index in [1.807, 2.05) is 62.4 Å². The average Bonchev–Trinajstić information content (AvgIpc) is 3.18. The van der Waals surface area contributed by atoms with Crippen LogP contribution in [-0.2, 0) is 4.79 Å². The molecule has 2 aliphatic rings. The molecule has 0 radical (unpaired) electrons. The number of aryl methyl sites for hydroxylation is 1. The molecule has 2 atom stereocenters. The van der Waals surface area contributed by atoms with Crippen molar-refractivity contribution in [1.82, 2.24) is 5.16 Å². The third-order valence-electron chi connectivity index (χ3n) is 6.37. The molecule has 32 heavy (non-hydrogen) atoms. The Balaban J connectivity index is 1.60. The Labute approximate surface area is 187 Å². The number of fused-ring (bicyclic) bond motifs is 1. The minimum Gasteiger partial charge on any atom is -0.497 e. The van der Waals surface area contributed by atoms with Gasteiger partial charge in [-0.1, -0.05) is 35.5 Å². The highest BCUT2D eigenvalue weighted by molar-refractivity contribution is 6.01. The van der Waals surface area contributed by atoms with Gasteiger partial charge in [-0.15, -0.1) is 0 Å². The topological polar surface area (TPSA) is 73.6 Å². The third-order valence-corrected chi connectivity index (χ3v) is 6.37. The van der Waals surface area contributed by atoms with E-state index in [1.165, 1.54) is 0 Å². The van der Waals surface area contributed by atoms with Crippen molar-refractivity contribution in [2.24, 2.45) is 0 Å². The number of nitrogens with one attached hydrogen (secondary N) is 1. The number of hydrogen-bond acceptors (Lipinski definition) is 6. The van der Waals surface area contributed by atoms with Gasteiger partial charge < -0.3 is 19.3 Å². The number of ether oxygens (including phenoxy) is 2. The maximum absolute atomic E-state index is 13.6. The number of benzene rings is 2. The van der Waals surface area contributed by atoms with Gasteiger partial charge in [0.15, 0.2) is 5.78 Å². The molecule has 0 fully saturated rings. The van der Waals surface area contributed by atoms with Crippen LogP contribution in [0.2, 0.25) is 0 Å². The summed E-state index contributed by atoms with van der Waals surface area (Å²) in [6, 6.07) is 15.9. The molecule has 1 aliphatic carbocycles. The summed E-state index contributed by atoms with van der Waals surface area (Å²) < 4.78 is 16.8. The number of allylic oxidation sites excluding steroid dienone is 2. The van der Waals surface area contributed by atoms with Crippen molar-refractivity contribution in [3.63, 3.8) is 0 Å². The maximum Gasteiger partial charge on any atom is 0.233 e. The molecule has 1 N–H and O–H groups in total. The van der Waals surface area contributed by atoms with Crippen LogP contribution in [0.1, 0.15) is 54.0 Å². The molecule has 2 aromatic carbocycles. The van der Waals surface area contributed by atoms with Gasteiger partial charge in [-0.3, -0.25) is 4.79 Å². The number of carbonyl (C=O) groups is 1. The van der Waals surface area contributed by atoms with Gasteiger partial charge in [-0.2, -0.15) is 0 Å². The summed E-state index contributed by atoms with van der Waals surface area (Å²) >= 11 is 0. The van der Waals surface area contributed by atoms with E-state index in [2.05, 4.69) is 10.5 Å². The van der Waals surface area contributed by atoms with Crippen LogP contribution in [0.5, 0.6) is 11.5 Å². The lowest BCUT2D eigenvalue weighted by molar-refractivity contribution is -0.116. The fraction of sp³-hybridized carbons (Fsp3) is 0.308. The molecule has 3 aromatic rings. The van der Waals surface area contributed by atoms with Gasteiger partial charge in [-0.25, -0.2) is 0 Å². The fourth-order valence-corrected chi connectivity index (χ4v) is 4.90. The molecule has 0 amide bonds. The number of anilines is 1. The van der Waals surface area contributed by atoms with E-state index < -0.39 is 0 Å². The number of rotatable bonds is 5. The second-order valence-corrected chi connectivity index (χ2v) is 8.23. The number of aromatic nitrogens is 1. The standard InChI is InChI=1S/C26H26N2O4/c1-4-31-22-8-6-5-7-19(22)24-23-15(2)28-32-26(23)27-20-13-17(14-21(29)25(20)24)16-9-11-18(30-3)12-10-16/h5-12,17,24,27H,4,13-14H2,1-3H3/t17-,24-/m0/s1. The van der Waals surface area contributed by atoms with Gasteiger partial charge in [0.25, 0.3) is 0 Å². The SMILES string of the molecule is CCOc1ccccc1[C@@H]1C2=C(C[C@H](c3ccc(OC)cc3)CC2=O)Nc2onc(C)c21. The molecule has 0 unspecified atom stereocenters. The summed E-state index contributed by atoms with van der Waals surface area (Å²) in [5.74, 6) is 2.17. The first-order chi connectivity index (χ1) is 15.6. The van der Waals surface area contributed by atoms with Crippen molar-refractivity contribution in [3.05, 3.63) is 82.2 Å². The minimum absolute atomic E-state index is 0.0908. The number of carbonyl (C=O) groups excluding carboxylic acids is 1. The second-order valence-electron chi connectivity index (χ2n) is 8.23. The van der Waals surface area contributed by atoms with E-state index in [0.29, 0.717) is 18.9 Å². The van der Waals surface area contributed by atoms with Crippen molar-refractivity contribution in [2.75, 3.05) is 19.0 Å². The van der Waals surface area contributed by atoms with Crippen LogP contribution in [0.25, 0.3) is 0 Å². The van der Waals surface area contributed by atoms with Crippen molar-refractivity contribution in [1.29, 1.82) is 0 Å². The molecule has 1 aromatic heterocycles. The van der Waals surface area contributed by atoms with E-state index >= 15 is 0 Å². The Bertz CT molecular complexity index is 1190. The van der Waals surface area contributed by atoms with Crippen LogP contribution < -0.4 is 14.8 Å². The second kappa shape index (κ2) is 8.19. The largest absolute Gasteiger partial charge is 0.497 e. The molecule has 5 rings (SSSR count). The van der Waals surface area contributed by atoms with Crippen molar-refractivity contribution in [3.8, 4) is 11.5 Å². The van der Waals surface area contributed by atoms with Crippen molar-refractivity contribution >= 4 is 11.7 Å². The average molecular weight is 431 g/mol. The zero-order valence-electron chi connectivity index (χ0n) is 18.5. The smallest absolute Gasteiger partial charge is 0.233 e. The molecule has 0 saturated heterocycles. The van der Waals surface area contributed by atoms with Crippen LogP contribution in [0.3, 0.4) is 0 Å². The summed E-state index contributed by atoms with van der Waals surface area (Å²) in [5.41, 5.74) is 5.47. The highest BCUT2D eigenvalue weighted by Gasteiger charge is 2.42. The van der Waals surface area contributed by atoms with E-state index in [-0.39, 0.29) is 17.6 Å². The molecular formula is C26H26N2O4. The first kappa shape index (κ1) is 20.4. The highest BCUT2D eigenvalue weighted by Crippen LogP contribution is 2.50. The first-order valence-corrected chi connectivity index (χ1v) is 11.0. The zero-order valence-corrected chi connectivity index (χ0v) is 18.5. The van der Waals surface area contributed by atoms with Crippen LogP contribution in [0.4, 0.5) is 5.88 Å². The number of methoxy groups -OCH3 is 1. The van der Waals surface area contributed by atoms with Crippen LogP contribution >= 0.6 is 0 Å². The molecular weight excluding hydrogens is 404 g/mol. The van der Waals surface area contributed by atoms with Gasteiger partial charge in [0.05, 0.1) is 30.9 Å². The van der Waals surface area contributed by atoms with Gasteiger partial charge in [0.2, 0.25) is 5.88 Å². The predicted octanol–water partition coefficient (Wildman–Crippen LogP) is 5.35. The van der Waals surface area contributed by atoms with E-state index in [9.17, 15) is 4.79 Å². The molecule has 164 valence electrons. The summed E-state index contributed by atoms with van der Waals surface area (Å²) in [6.07, 6.45) is 1.18. The molecule has 1 aliphatic heterocycles. The summed E-state index contributed by atoms with van der Waals surface area (Å²) in [5, 5.41) is 7.59. The van der Waals surface area contributed by atoms with Gasteiger partial charge in [0, 0.05) is 23.3 Å². The van der Waals surface area contributed by atoms with E-state index in [0.717, 1.165) is 51.6 Å². The van der Waals surface area contributed by atoms with Gasteiger partial charge in [0.1, 0.15) is 11.5 Å². The molecule has 6 nitrogen and oxygen atoms in total. The van der Waals surface area contributed by atoms with Crippen molar-refractivity contribution in [2.45, 2.75) is 38.5 Å². The molecule has 0 saturated carbocycles. The lowest BCUT2D eigenvalue weighted by Gasteiger charge is -2.35. The minimum atomic E-state index is -0.264. The number of nitrogens with zero attached hydrogens (tertiary/aromatic N) is 1. The Morgan fingerprint density at radius 2 is 1.91 bits per heavy atom. The van der Waals surface area contributed by atoms with Crippen LogP contribution in [-0.4, -0.2) is 24.7 Å². The molecule has 0 bridgehead atoms. The predicted molar refractivity (Wildman–Crippen MR) is 121 cm³/mol. The Hall–Kier alpha value is -3.54. The van der Waals surface area contributed by atoms with Gasteiger partial charge >= 0.3 is 0 Å². The quantitative estimate of drug-likeness (QED) is 0.588. The molecule has 6 heteroatoms. The molecule has 2 heterocycles. The van der Waals surface area contributed by atoms with E-state index in [1.54, 1.807) is 7.11 Å². The lowest BCUT2D eigenvalue weighted by Crippen LogP contribution is -2.29.